The van der Waals surface area contributed by atoms with Crippen LogP contribution >= 0.6 is 0 Å². The first-order valence-electron chi connectivity index (χ1n) is 12.6. The summed E-state index contributed by atoms with van der Waals surface area (Å²) in [5.41, 5.74) is 3.56. The van der Waals surface area contributed by atoms with Gasteiger partial charge >= 0.3 is 11.9 Å². The first-order valence-corrected chi connectivity index (χ1v) is 12.6. The van der Waals surface area contributed by atoms with Crippen molar-refractivity contribution in [3.63, 3.8) is 0 Å². The molecular weight excluding hydrogens is 512 g/mol. The predicted molar refractivity (Wildman–Crippen MR) is 147 cm³/mol. The van der Waals surface area contributed by atoms with E-state index in [4.69, 9.17) is 28.8 Å². The first kappa shape index (κ1) is 26.4. The number of aromatic carboxylic acids is 1. The third-order valence-electron chi connectivity index (χ3n) is 6.19. The minimum Gasteiger partial charge on any atom is -0.489 e. The third-order valence-corrected chi connectivity index (χ3v) is 6.19. The molecular formula is C32H26O8. The van der Waals surface area contributed by atoms with Crippen LogP contribution in [0.15, 0.2) is 108 Å². The minimum absolute atomic E-state index is 0.0693. The van der Waals surface area contributed by atoms with Gasteiger partial charge in [-0.15, -0.1) is 0 Å². The summed E-state index contributed by atoms with van der Waals surface area (Å²) in [6.45, 7) is 0.931. The molecule has 0 saturated heterocycles. The topological polar surface area (TPSA) is 115 Å². The second kappa shape index (κ2) is 12.1. The number of ether oxygens (including phenoxy) is 3. The number of hydrogen-bond donors (Lipinski definition) is 2. The summed E-state index contributed by atoms with van der Waals surface area (Å²) < 4.78 is 22.0. The van der Waals surface area contributed by atoms with Crippen molar-refractivity contribution in [1.29, 1.82) is 0 Å². The summed E-state index contributed by atoms with van der Waals surface area (Å²) in [4.78, 5) is 21.8. The van der Waals surface area contributed by atoms with Crippen LogP contribution in [-0.4, -0.2) is 28.3 Å². The molecule has 1 unspecified atom stereocenters. The standard InChI is InChI=1S/C16H14O4.C16H12O4/c2*17-16(18)15-8-12-6-7-13(9-14(12)20-15)19-10-11-4-2-1-3-5-11/h1-7,9,15H,8,10H2,(H,17,18);1-9H,10H2,(H,17,18). The fourth-order valence-corrected chi connectivity index (χ4v) is 4.12. The highest BCUT2D eigenvalue weighted by atomic mass is 16.5. The molecule has 2 heterocycles. The van der Waals surface area contributed by atoms with Crippen LogP contribution in [0.3, 0.4) is 0 Å². The average molecular weight is 539 g/mol. The van der Waals surface area contributed by atoms with Crippen molar-refractivity contribution in [2.24, 2.45) is 0 Å². The molecule has 0 bridgehead atoms. The molecule has 1 aliphatic rings. The molecule has 1 atom stereocenters. The molecule has 202 valence electrons. The van der Waals surface area contributed by atoms with Crippen LogP contribution in [0.25, 0.3) is 11.0 Å². The molecule has 4 aromatic carbocycles. The summed E-state index contributed by atoms with van der Waals surface area (Å²) in [6, 6.07) is 31.9. The van der Waals surface area contributed by atoms with Crippen molar-refractivity contribution in [3.05, 3.63) is 126 Å². The molecule has 0 fully saturated rings. The summed E-state index contributed by atoms with van der Waals surface area (Å²) in [5, 5.41) is 18.6. The zero-order valence-electron chi connectivity index (χ0n) is 21.4. The quantitative estimate of drug-likeness (QED) is 0.234. The van der Waals surface area contributed by atoms with Crippen LogP contribution in [0.1, 0.15) is 27.2 Å². The van der Waals surface area contributed by atoms with E-state index < -0.39 is 18.0 Å². The second-order valence-electron chi connectivity index (χ2n) is 9.08. The maximum atomic E-state index is 10.9. The SMILES string of the molecule is O=C(O)C1Cc2ccc(OCc3ccccc3)cc2O1.O=C(O)c1cc2ccc(OCc3ccccc3)cc2o1. The van der Waals surface area contributed by atoms with E-state index in [1.165, 1.54) is 6.07 Å². The van der Waals surface area contributed by atoms with Gasteiger partial charge in [-0.2, -0.15) is 0 Å². The van der Waals surface area contributed by atoms with Crippen LogP contribution in [-0.2, 0) is 24.4 Å². The van der Waals surface area contributed by atoms with E-state index >= 15 is 0 Å². The Morgan fingerprint density at radius 2 is 1.35 bits per heavy atom. The summed E-state index contributed by atoms with van der Waals surface area (Å²) in [5.74, 6) is -0.157. The number of aliphatic carboxylic acids is 1. The lowest BCUT2D eigenvalue weighted by atomic mass is 10.1. The number of carbonyl (C=O) groups is 2. The van der Waals surface area contributed by atoms with Crippen molar-refractivity contribution in [2.75, 3.05) is 0 Å². The van der Waals surface area contributed by atoms with Gasteiger partial charge in [-0.3, -0.25) is 0 Å². The fourth-order valence-electron chi connectivity index (χ4n) is 4.12. The van der Waals surface area contributed by atoms with Crippen molar-refractivity contribution >= 4 is 22.9 Å². The molecule has 8 nitrogen and oxygen atoms in total. The van der Waals surface area contributed by atoms with Gasteiger partial charge in [0.15, 0.2) is 6.10 Å². The number of rotatable bonds is 8. The molecule has 0 spiro atoms. The van der Waals surface area contributed by atoms with Crippen molar-refractivity contribution in [2.45, 2.75) is 25.7 Å². The Kier molecular flexibility index (Phi) is 7.97. The van der Waals surface area contributed by atoms with Gasteiger partial charge in [0, 0.05) is 23.9 Å². The van der Waals surface area contributed by atoms with E-state index in [2.05, 4.69) is 0 Å². The molecule has 8 heteroatoms. The van der Waals surface area contributed by atoms with Gasteiger partial charge in [0.2, 0.25) is 5.76 Å². The molecule has 0 aliphatic carbocycles. The second-order valence-corrected chi connectivity index (χ2v) is 9.08. The van der Waals surface area contributed by atoms with Gasteiger partial charge in [-0.1, -0.05) is 66.7 Å². The van der Waals surface area contributed by atoms with Gasteiger partial charge in [0.25, 0.3) is 0 Å². The largest absolute Gasteiger partial charge is 0.489 e. The number of hydrogen-bond acceptors (Lipinski definition) is 6. The highest BCUT2D eigenvalue weighted by Crippen LogP contribution is 2.33. The van der Waals surface area contributed by atoms with Crippen LogP contribution in [0.2, 0.25) is 0 Å². The van der Waals surface area contributed by atoms with Gasteiger partial charge < -0.3 is 28.8 Å². The lowest BCUT2D eigenvalue weighted by Gasteiger charge is -2.08. The summed E-state index contributed by atoms with van der Waals surface area (Å²) in [6.07, 6.45) is -0.377. The van der Waals surface area contributed by atoms with Gasteiger partial charge in [0.05, 0.1) is 0 Å². The Hall–Kier alpha value is -5.24. The zero-order valence-corrected chi connectivity index (χ0v) is 21.4. The number of carboxylic acid groups (broad SMARTS) is 2. The predicted octanol–water partition coefficient (Wildman–Crippen LogP) is 6.36. The number of benzene rings is 4. The molecule has 1 aromatic heterocycles. The Morgan fingerprint density at radius 3 is 1.95 bits per heavy atom. The van der Waals surface area contributed by atoms with Crippen molar-refractivity contribution in [3.8, 4) is 17.2 Å². The average Bonchev–Trinajstić information content (AvgIpc) is 3.61. The maximum absolute atomic E-state index is 10.9. The zero-order chi connectivity index (χ0) is 27.9. The molecule has 5 aromatic rings. The molecule has 1 aliphatic heterocycles. The molecule has 0 amide bonds. The molecule has 2 N–H and O–H groups in total. The van der Waals surface area contributed by atoms with Gasteiger partial charge in [-0.05, 0) is 41.0 Å². The van der Waals surface area contributed by atoms with Gasteiger partial charge in [-0.25, -0.2) is 9.59 Å². The Morgan fingerprint density at radius 1 is 0.750 bits per heavy atom. The highest BCUT2D eigenvalue weighted by Gasteiger charge is 2.29. The van der Waals surface area contributed by atoms with E-state index in [-0.39, 0.29) is 5.76 Å². The summed E-state index contributed by atoms with van der Waals surface area (Å²) in [7, 11) is 0. The lowest BCUT2D eigenvalue weighted by molar-refractivity contribution is -0.144. The maximum Gasteiger partial charge on any atom is 0.371 e. The number of fused-ring (bicyclic) bond motifs is 2. The molecule has 0 saturated carbocycles. The van der Waals surface area contributed by atoms with E-state index in [0.29, 0.717) is 42.5 Å². The first-order chi connectivity index (χ1) is 19.4. The molecule has 6 rings (SSSR count). The minimum atomic E-state index is -1.08. The van der Waals surface area contributed by atoms with E-state index in [9.17, 15) is 9.59 Å². The Bertz CT molecular complexity index is 1610. The van der Waals surface area contributed by atoms with Gasteiger partial charge in [0.1, 0.15) is 36.0 Å². The molecule has 0 radical (unpaired) electrons. The number of furan rings is 1. The Balaban J connectivity index is 0.000000161. The van der Waals surface area contributed by atoms with E-state index in [1.807, 2.05) is 72.8 Å². The fraction of sp³-hybridized carbons (Fsp3) is 0.125. The smallest absolute Gasteiger partial charge is 0.371 e. The molecule has 40 heavy (non-hydrogen) atoms. The van der Waals surface area contributed by atoms with Crippen LogP contribution in [0.4, 0.5) is 0 Å². The normalized spacial score (nSPS) is 13.4. The van der Waals surface area contributed by atoms with Crippen molar-refractivity contribution in [1.82, 2.24) is 0 Å². The van der Waals surface area contributed by atoms with E-state index in [0.717, 1.165) is 22.1 Å². The highest BCUT2D eigenvalue weighted by molar-refractivity contribution is 5.91. The Labute approximate surface area is 230 Å². The van der Waals surface area contributed by atoms with Crippen LogP contribution in [0, 0.1) is 0 Å². The lowest BCUT2D eigenvalue weighted by Crippen LogP contribution is -2.24. The summed E-state index contributed by atoms with van der Waals surface area (Å²) >= 11 is 0. The van der Waals surface area contributed by atoms with E-state index in [1.54, 1.807) is 24.3 Å². The number of carboxylic acids is 2. The monoisotopic (exact) mass is 538 g/mol. The van der Waals surface area contributed by atoms with Crippen LogP contribution < -0.4 is 14.2 Å². The van der Waals surface area contributed by atoms with Crippen LogP contribution in [0.5, 0.6) is 17.2 Å². The van der Waals surface area contributed by atoms with Crippen molar-refractivity contribution < 1.29 is 38.4 Å². The third kappa shape index (κ3) is 6.60.